The Kier molecular flexibility index (Phi) is 8.86. The number of aromatic nitrogens is 4. The highest BCUT2D eigenvalue weighted by Crippen LogP contribution is 2.56. The van der Waals surface area contributed by atoms with Crippen LogP contribution in [0.1, 0.15) is 6.23 Å². The molecule has 2 aromatic heterocycles. The summed E-state index contributed by atoms with van der Waals surface area (Å²) in [7, 11) is 0. The van der Waals surface area contributed by atoms with E-state index >= 15 is 0 Å². The molecule has 0 bridgehead atoms. The molecule has 8 heteroatoms. The summed E-state index contributed by atoms with van der Waals surface area (Å²) in [6, 6.07) is 52.3. The van der Waals surface area contributed by atoms with Gasteiger partial charge in [0.05, 0.1) is 12.9 Å². The van der Waals surface area contributed by atoms with Crippen molar-refractivity contribution < 1.29 is 20.1 Å². The minimum atomic E-state index is -1.31. The van der Waals surface area contributed by atoms with E-state index in [9.17, 15) is 15.3 Å². The van der Waals surface area contributed by atoms with Gasteiger partial charge in [-0.05, 0) is 44.5 Å². The SMILES string of the molecule is OC[C@H]1O[C@@H](n2cnc3c(-c4c(-c5ccccc5)c(-c5ccccc5)c(-c5ccccc5)c(-c5ccccc5)c4-c4ccccc4)ncnc32)[C@H](O)[C@@H]1O. The molecule has 9 rings (SSSR count). The fourth-order valence-electron chi connectivity index (χ4n) is 7.79. The second-order valence-electron chi connectivity index (χ2n) is 13.4. The van der Waals surface area contributed by atoms with Crippen LogP contribution in [0.3, 0.4) is 0 Å². The number of nitrogens with zero attached hydrogens (tertiary/aromatic N) is 4. The third-order valence-corrected chi connectivity index (χ3v) is 10.2. The van der Waals surface area contributed by atoms with E-state index in [1.165, 1.54) is 6.33 Å². The van der Waals surface area contributed by atoms with Crippen molar-refractivity contribution >= 4 is 11.2 Å². The quantitative estimate of drug-likeness (QED) is 0.145. The molecule has 3 N–H and O–H groups in total. The highest BCUT2D eigenvalue weighted by molar-refractivity contribution is 6.16. The molecule has 0 radical (unpaired) electrons. The molecule has 1 saturated heterocycles. The van der Waals surface area contributed by atoms with Crippen LogP contribution in [0, 0.1) is 0 Å². The van der Waals surface area contributed by atoms with Gasteiger partial charge in [0.15, 0.2) is 11.9 Å². The summed E-state index contributed by atoms with van der Waals surface area (Å²) in [5, 5.41) is 31.6. The number of fused-ring (bicyclic) bond motifs is 1. The van der Waals surface area contributed by atoms with E-state index in [-0.39, 0.29) is 0 Å². The molecule has 8 nitrogen and oxygen atoms in total. The van der Waals surface area contributed by atoms with E-state index in [0.29, 0.717) is 16.9 Å². The lowest BCUT2D eigenvalue weighted by atomic mass is 9.75. The van der Waals surface area contributed by atoms with Crippen LogP contribution in [0.25, 0.3) is 78.1 Å². The van der Waals surface area contributed by atoms with Crippen LogP contribution in [-0.2, 0) is 4.74 Å². The highest BCUT2D eigenvalue weighted by Gasteiger charge is 2.44. The summed E-state index contributed by atoms with van der Waals surface area (Å²) in [6.07, 6.45) is -1.49. The van der Waals surface area contributed by atoms with Gasteiger partial charge < -0.3 is 20.1 Å². The second-order valence-corrected chi connectivity index (χ2v) is 13.4. The third-order valence-electron chi connectivity index (χ3n) is 10.2. The first-order valence-electron chi connectivity index (χ1n) is 18.0. The predicted molar refractivity (Wildman–Crippen MR) is 211 cm³/mol. The average Bonchev–Trinajstić information content (AvgIpc) is 3.80. The summed E-state index contributed by atoms with van der Waals surface area (Å²) in [5.41, 5.74) is 12.6. The maximum atomic E-state index is 11.0. The van der Waals surface area contributed by atoms with Crippen molar-refractivity contribution in [1.82, 2.24) is 19.5 Å². The Hall–Kier alpha value is -6.29. The normalized spacial score (nSPS) is 18.3. The van der Waals surface area contributed by atoms with Crippen molar-refractivity contribution in [3.63, 3.8) is 0 Å². The number of benzene rings is 6. The molecule has 1 aliphatic heterocycles. The second kappa shape index (κ2) is 14.3. The smallest absolute Gasteiger partial charge is 0.166 e. The number of hydrogen-bond donors (Lipinski definition) is 3. The van der Waals surface area contributed by atoms with E-state index in [1.54, 1.807) is 10.9 Å². The van der Waals surface area contributed by atoms with Gasteiger partial charge in [0.1, 0.15) is 35.8 Å². The molecular weight excluding hydrogens is 673 g/mol. The first kappa shape index (κ1) is 33.5. The minimum Gasteiger partial charge on any atom is -0.394 e. The fraction of sp³-hybridized carbons (Fsp3) is 0.109. The van der Waals surface area contributed by atoms with Gasteiger partial charge >= 0.3 is 0 Å². The molecule has 3 heterocycles. The van der Waals surface area contributed by atoms with E-state index in [2.05, 4.69) is 126 Å². The maximum Gasteiger partial charge on any atom is 0.166 e. The molecular formula is C46H36N4O4. The fourth-order valence-corrected chi connectivity index (χ4v) is 7.79. The zero-order valence-corrected chi connectivity index (χ0v) is 29.1. The van der Waals surface area contributed by atoms with E-state index in [4.69, 9.17) is 14.7 Å². The van der Waals surface area contributed by atoms with Crippen LogP contribution in [0.2, 0.25) is 0 Å². The van der Waals surface area contributed by atoms with Crippen LogP contribution in [0.5, 0.6) is 0 Å². The Morgan fingerprint density at radius 1 is 0.481 bits per heavy atom. The lowest BCUT2D eigenvalue weighted by molar-refractivity contribution is -0.0511. The Labute approximate surface area is 312 Å². The van der Waals surface area contributed by atoms with Gasteiger partial charge in [-0.2, -0.15) is 0 Å². The molecule has 0 spiro atoms. The summed E-state index contributed by atoms with van der Waals surface area (Å²) in [6.45, 7) is -0.444. The minimum absolute atomic E-state index is 0.419. The van der Waals surface area contributed by atoms with Crippen LogP contribution in [0.15, 0.2) is 164 Å². The third kappa shape index (κ3) is 5.69. The van der Waals surface area contributed by atoms with Gasteiger partial charge in [-0.25, -0.2) is 15.0 Å². The van der Waals surface area contributed by atoms with Crippen LogP contribution in [-0.4, -0.2) is 59.8 Å². The molecule has 1 aliphatic rings. The maximum absolute atomic E-state index is 11.0. The van der Waals surface area contributed by atoms with Crippen molar-refractivity contribution in [2.45, 2.75) is 24.5 Å². The molecule has 6 aromatic carbocycles. The standard InChI is InChI=1S/C46H36N4O4/c51-26-34-43(52)44(53)46(54-34)50-28-49-42-41(47-27-48-45(42)50)40-38(32-22-12-4-13-23-32)36(30-18-8-2-9-19-30)35(29-16-6-1-7-17-29)37(31-20-10-3-11-21-31)39(40)33-24-14-5-15-25-33/h1-25,27-28,34,43-44,46,51-53H,26H2/t34-,43-,44-,46-/m1/s1. The Balaban J connectivity index is 1.50. The zero-order valence-electron chi connectivity index (χ0n) is 29.1. The summed E-state index contributed by atoms with van der Waals surface area (Å²) in [4.78, 5) is 14.6. The molecule has 0 aliphatic carbocycles. The van der Waals surface area contributed by atoms with Crippen LogP contribution in [0.4, 0.5) is 0 Å². The van der Waals surface area contributed by atoms with Crippen LogP contribution < -0.4 is 0 Å². The average molecular weight is 709 g/mol. The molecule has 8 aromatic rings. The number of imidazole rings is 1. The first-order valence-corrected chi connectivity index (χ1v) is 18.0. The lowest BCUT2D eigenvalue weighted by Gasteiger charge is -2.28. The van der Waals surface area contributed by atoms with Crippen molar-refractivity contribution in [1.29, 1.82) is 0 Å². The molecule has 1 fully saturated rings. The van der Waals surface area contributed by atoms with Crippen molar-refractivity contribution in [3.05, 3.63) is 164 Å². The summed E-state index contributed by atoms with van der Waals surface area (Å²) in [5.74, 6) is 0. The monoisotopic (exact) mass is 708 g/mol. The van der Waals surface area contributed by atoms with Crippen LogP contribution >= 0.6 is 0 Å². The number of ether oxygens (including phenoxy) is 1. The van der Waals surface area contributed by atoms with E-state index in [0.717, 1.165) is 61.2 Å². The number of rotatable bonds is 8. The number of aliphatic hydroxyl groups is 3. The Bertz CT molecular complexity index is 2440. The van der Waals surface area contributed by atoms with Gasteiger partial charge in [0.2, 0.25) is 0 Å². The van der Waals surface area contributed by atoms with Gasteiger partial charge in [0, 0.05) is 16.7 Å². The van der Waals surface area contributed by atoms with Crippen molar-refractivity contribution in [2.75, 3.05) is 6.61 Å². The largest absolute Gasteiger partial charge is 0.394 e. The molecule has 0 saturated carbocycles. The summed E-state index contributed by atoms with van der Waals surface area (Å²) >= 11 is 0. The number of hydrogen-bond acceptors (Lipinski definition) is 7. The summed E-state index contributed by atoms with van der Waals surface area (Å²) < 4.78 is 7.56. The highest BCUT2D eigenvalue weighted by atomic mass is 16.6. The van der Waals surface area contributed by atoms with Crippen molar-refractivity contribution in [2.24, 2.45) is 0 Å². The van der Waals surface area contributed by atoms with Gasteiger partial charge in [-0.3, -0.25) is 4.57 Å². The molecule has 4 atom stereocenters. The van der Waals surface area contributed by atoms with Gasteiger partial charge in [-0.15, -0.1) is 0 Å². The van der Waals surface area contributed by atoms with E-state index < -0.39 is 31.1 Å². The molecule has 0 amide bonds. The molecule has 54 heavy (non-hydrogen) atoms. The van der Waals surface area contributed by atoms with Gasteiger partial charge in [0.25, 0.3) is 0 Å². The first-order chi connectivity index (χ1) is 26.6. The Morgan fingerprint density at radius 3 is 1.24 bits per heavy atom. The predicted octanol–water partition coefficient (Wildman–Crippen LogP) is 8.44. The topological polar surface area (TPSA) is 114 Å². The zero-order chi connectivity index (χ0) is 36.6. The molecule has 264 valence electrons. The lowest BCUT2D eigenvalue weighted by Crippen LogP contribution is -2.33. The van der Waals surface area contributed by atoms with Gasteiger partial charge in [-0.1, -0.05) is 152 Å². The molecule has 0 unspecified atom stereocenters. The van der Waals surface area contributed by atoms with E-state index in [1.807, 2.05) is 30.3 Å². The van der Waals surface area contributed by atoms with Crippen molar-refractivity contribution in [3.8, 4) is 66.9 Å². The Morgan fingerprint density at radius 2 is 0.870 bits per heavy atom. The number of aliphatic hydroxyl groups excluding tert-OH is 3.